The maximum atomic E-state index is 10.9. The Morgan fingerprint density at radius 1 is 1.64 bits per heavy atom. The van der Waals surface area contributed by atoms with E-state index in [2.05, 4.69) is 22.3 Å². The van der Waals surface area contributed by atoms with Crippen LogP contribution in [-0.2, 0) is 4.74 Å². The Morgan fingerprint density at radius 2 is 2.43 bits per heavy atom. The topological polar surface area (TPSA) is 50.4 Å². The highest BCUT2D eigenvalue weighted by atomic mass is 16.5. The first kappa shape index (κ1) is 11.3. The lowest BCUT2D eigenvalue weighted by molar-refractivity contribution is 0.166. The van der Waals surface area contributed by atoms with E-state index < -0.39 is 0 Å². The molecule has 0 aromatic rings. The molecule has 2 unspecified atom stereocenters. The predicted molar refractivity (Wildman–Crippen MR) is 55.2 cm³/mol. The number of hydrogen-bond donors (Lipinski definition) is 2. The third-order valence-electron chi connectivity index (χ3n) is 2.90. The molecule has 0 radical (unpaired) electrons. The van der Waals surface area contributed by atoms with E-state index in [9.17, 15) is 4.79 Å². The highest BCUT2D eigenvalue weighted by Crippen LogP contribution is 2.19. The van der Waals surface area contributed by atoms with Gasteiger partial charge < -0.3 is 15.4 Å². The summed E-state index contributed by atoms with van der Waals surface area (Å²) in [6.45, 7) is 3.93. The number of carbonyl (C=O) groups excluding carboxylic acids is 1. The van der Waals surface area contributed by atoms with E-state index in [0.29, 0.717) is 18.5 Å². The zero-order valence-corrected chi connectivity index (χ0v) is 9.01. The lowest BCUT2D eigenvalue weighted by Gasteiger charge is -2.31. The molecule has 0 aromatic heterocycles. The van der Waals surface area contributed by atoms with Gasteiger partial charge in [0.15, 0.2) is 0 Å². The molecule has 0 saturated carbocycles. The van der Waals surface area contributed by atoms with Crippen LogP contribution in [0.1, 0.15) is 26.2 Å². The maximum Gasteiger partial charge on any atom is 0.406 e. The second kappa shape index (κ2) is 5.86. The van der Waals surface area contributed by atoms with Crippen LogP contribution in [0.2, 0.25) is 0 Å². The smallest absolute Gasteiger partial charge is 0.406 e. The number of ether oxygens (including phenoxy) is 1. The highest BCUT2D eigenvalue weighted by Gasteiger charge is 2.23. The molecule has 2 N–H and O–H groups in total. The van der Waals surface area contributed by atoms with E-state index in [1.807, 2.05) is 0 Å². The monoisotopic (exact) mass is 200 g/mol. The van der Waals surface area contributed by atoms with Crippen molar-refractivity contribution in [1.29, 1.82) is 0 Å². The number of carbonyl (C=O) groups is 1. The fraction of sp³-hybridized carbons (Fsp3) is 0.900. The lowest BCUT2D eigenvalue weighted by Crippen LogP contribution is -2.48. The Balaban J connectivity index is 2.29. The van der Waals surface area contributed by atoms with E-state index in [-0.39, 0.29) is 6.09 Å². The van der Waals surface area contributed by atoms with E-state index in [4.69, 9.17) is 0 Å². The average Bonchev–Trinajstić information content (AvgIpc) is 2.26. The van der Waals surface area contributed by atoms with Crippen LogP contribution < -0.4 is 10.6 Å². The molecular formula is C10H20N2O2. The molecule has 82 valence electrons. The Kier molecular flexibility index (Phi) is 4.73. The van der Waals surface area contributed by atoms with Crippen LogP contribution in [0.4, 0.5) is 4.79 Å². The number of nitrogens with one attached hydrogen (secondary N) is 2. The van der Waals surface area contributed by atoms with Crippen molar-refractivity contribution in [2.24, 2.45) is 5.92 Å². The van der Waals surface area contributed by atoms with Gasteiger partial charge in [0.2, 0.25) is 0 Å². The van der Waals surface area contributed by atoms with Crippen molar-refractivity contribution in [2.75, 3.05) is 20.2 Å². The summed E-state index contributed by atoms with van der Waals surface area (Å²) in [6.07, 6.45) is 3.33. The summed E-state index contributed by atoms with van der Waals surface area (Å²) in [5.74, 6) is 0.681. The largest absolute Gasteiger partial charge is 0.453 e. The van der Waals surface area contributed by atoms with Crippen LogP contribution in [0.15, 0.2) is 0 Å². The van der Waals surface area contributed by atoms with Crippen molar-refractivity contribution in [3.63, 3.8) is 0 Å². The van der Waals surface area contributed by atoms with Crippen molar-refractivity contribution in [3.8, 4) is 0 Å². The number of methoxy groups -OCH3 is 1. The van der Waals surface area contributed by atoms with Crippen LogP contribution in [0.3, 0.4) is 0 Å². The molecule has 1 fully saturated rings. The van der Waals surface area contributed by atoms with Crippen LogP contribution >= 0.6 is 0 Å². The molecule has 4 nitrogen and oxygen atoms in total. The second-order valence-electron chi connectivity index (χ2n) is 3.74. The molecule has 1 saturated heterocycles. The molecule has 0 aliphatic carbocycles. The fourth-order valence-electron chi connectivity index (χ4n) is 2.01. The Labute approximate surface area is 85.4 Å². The molecule has 1 heterocycles. The number of amides is 1. The molecule has 1 aliphatic rings. The van der Waals surface area contributed by atoms with Crippen LogP contribution in [0, 0.1) is 5.92 Å². The van der Waals surface area contributed by atoms with Crippen molar-refractivity contribution in [3.05, 3.63) is 0 Å². The summed E-state index contributed by atoms with van der Waals surface area (Å²) in [7, 11) is 1.39. The second-order valence-corrected chi connectivity index (χ2v) is 3.74. The zero-order valence-electron chi connectivity index (χ0n) is 9.01. The van der Waals surface area contributed by atoms with E-state index in [1.165, 1.54) is 26.4 Å². The summed E-state index contributed by atoms with van der Waals surface area (Å²) in [5, 5.41) is 6.17. The first-order valence-electron chi connectivity index (χ1n) is 5.33. The van der Waals surface area contributed by atoms with Gasteiger partial charge in [0.1, 0.15) is 0 Å². The van der Waals surface area contributed by atoms with Gasteiger partial charge in [-0.2, -0.15) is 0 Å². The third kappa shape index (κ3) is 3.18. The molecule has 0 aromatic carbocycles. The quantitative estimate of drug-likeness (QED) is 0.717. The van der Waals surface area contributed by atoms with Crippen LogP contribution in [-0.4, -0.2) is 32.3 Å². The SMILES string of the molecule is CCC1CCCNC1CNC(=O)OC. The Bertz CT molecular complexity index is 185. The molecule has 1 amide bonds. The number of piperidine rings is 1. The molecule has 2 atom stereocenters. The first-order valence-corrected chi connectivity index (χ1v) is 5.33. The van der Waals surface area contributed by atoms with Gasteiger partial charge in [0.05, 0.1) is 7.11 Å². The van der Waals surface area contributed by atoms with E-state index >= 15 is 0 Å². The Morgan fingerprint density at radius 3 is 3.07 bits per heavy atom. The van der Waals surface area contributed by atoms with Gasteiger partial charge in [-0.25, -0.2) is 4.79 Å². The number of rotatable bonds is 3. The average molecular weight is 200 g/mol. The number of hydrogen-bond acceptors (Lipinski definition) is 3. The van der Waals surface area contributed by atoms with Crippen LogP contribution in [0.5, 0.6) is 0 Å². The van der Waals surface area contributed by atoms with E-state index in [0.717, 1.165) is 6.54 Å². The molecule has 1 rings (SSSR count). The molecule has 4 heteroatoms. The number of alkyl carbamates (subject to hydrolysis) is 1. The summed E-state index contributed by atoms with van der Waals surface area (Å²) in [6, 6.07) is 0.410. The molecule has 0 spiro atoms. The van der Waals surface area contributed by atoms with Gasteiger partial charge in [0, 0.05) is 12.6 Å². The highest BCUT2D eigenvalue weighted by molar-refractivity contribution is 5.66. The standard InChI is InChI=1S/C10H20N2O2/c1-3-8-5-4-6-11-9(8)7-12-10(13)14-2/h8-9,11H,3-7H2,1-2H3,(H,12,13). The molecule has 14 heavy (non-hydrogen) atoms. The predicted octanol–water partition coefficient (Wildman–Crippen LogP) is 1.12. The zero-order chi connectivity index (χ0) is 10.4. The first-order chi connectivity index (χ1) is 6.77. The van der Waals surface area contributed by atoms with Gasteiger partial charge in [0.25, 0.3) is 0 Å². The van der Waals surface area contributed by atoms with E-state index in [1.54, 1.807) is 0 Å². The summed E-state index contributed by atoms with van der Waals surface area (Å²) < 4.78 is 4.53. The van der Waals surface area contributed by atoms with Crippen molar-refractivity contribution >= 4 is 6.09 Å². The fourth-order valence-corrected chi connectivity index (χ4v) is 2.01. The summed E-state index contributed by atoms with van der Waals surface area (Å²) in [4.78, 5) is 10.9. The minimum atomic E-state index is -0.341. The Hall–Kier alpha value is -0.770. The normalized spacial score (nSPS) is 27.0. The molecular weight excluding hydrogens is 180 g/mol. The van der Waals surface area contributed by atoms with Crippen molar-refractivity contribution < 1.29 is 9.53 Å². The molecule has 1 aliphatic heterocycles. The van der Waals surface area contributed by atoms with Gasteiger partial charge in [-0.15, -0.1) is 0 Å². The lowest BCUT2D eigenvalue weighted by atomic mass is 9.89. The molecule has 0 bridgehead atoms. The minimum Gasteiger partial charge on any atom is -0.453 e. The summed E-state index contributed by atoms with van der Waals surface area (Å²) in [5.41, 5.74) is 0. The van der Waals surface area contributed by atoms with Gasteiger partial charge in [-0.05, 0) is 25.3 Å². The van der Waals surface area contributed by atoms with Crippen LogP contribution in [0.25, 0.3) is 0 Å². The third-order valence-corrected chi connectivity index (χ3v) is 2.90. The van der Waals surface area contributed by atoms with Gasteiger partial charge >= 0.3 is 6.09 Å². The van der Waals surface area contributed by atoms with Gasteiger partial charge in [-0.1, -0.05) is 13.3 Å². The van der Waals surface area contributed by atoms with Crippen molar-refractivity contribution in [1.82, 2.24) is 10.6 Å². The summed E-state index contributed by atoms with van der Waals surface area (Å²) >= 11 is 0. The minimum absolute atomic E-state index is 0.341. The maximum absolute atomic E-state index is 10.9. The van der Waals surface area contributed by atoms with Crippen molar-refractivity contribution in [2.45, 2.75) is 32.2 Å². The van der Waals surface area contributed by atoms with Gasteiger partial charge in [-0.3, -0.25) is 0 Å².